The van der Waals surface area contributed by atoms with Gasteiger partial charge in [0, 0.05) is 19.6 Å². The minimum absolute atomic E-state index is 0.0666. The maximum absolute atomic E-state index is 5.85. The Morgan fingerprint density at radius 1 is 1.58 bits per heavy atom. The molecule has 3 heteroatoms. The lowest BCUT2D eigenvalue weighted by molar-refractivity contribution is -0.0650. The zero-order valence-electron chi connectivity index (χ0n) is 8.34. The molecule has 0 aromatic rings. The van der Waals surface area contributed by atoms with Crippen LogP contribution in [-0.2, 0) is 4.74 Å². The Hall–Kier alpha value is -0.120. The van der Waals surface area contributed by atoms with Gasteiger partial charge in [-0.3, -0.25) is 0 Å². The highest BCUT2D eigenvalue weighted by Gasteiger charge is 2.36. The van der Waals surface area contributed by atoms with Crippen LogP contribution in [0.25, 0.3) is 0 Å². The van der Waals surface area contributed by atoms with Crippen LogP contribution >= 0.6 is 0 Å². The predicted octanol–water partition coefficient (Wildman–Crippen LogP) is 0.444. The van der Waals surface area contributed by atoms with Gasteiger partial charge in [-0.05, 0) is 27.3 Å². The molecular formula is C9H20N2O. The van der Waals surface area contributed by atoms with Crippen molar-refractivity contribution < 1.29 is 4.74 Å². The van der Waals surface area contributed by atoms with E-state index in [2.05, 4.69) is 25.8 Å². The highest BCUT2D eigenvalue weighted by atomic mass is 16.5. The molecule has 1 fully saturated rings. The zero-order valence-corrected chi connectivity index (χ0v) is 8.34. The number of ether oxygens (including phenoxy) is 1. The zero-order chi connectivity index (χ0) is 9.19. The third kappa shape index (κ3) is 2.19. The van der Waals surface area contributed by atoms with Crippen LogP contribution in [0.2, 0.25) is 0 Å². The van der Waals surface area contributed by atoms with Crippen LogP contribution in [0, 0.1) is 0 Å². The average molecular weight is 172 g/mol. The Balaban J connectivity index is 2.52. The van der Waals surface area contributed by atoms with E-state index in [1.54, 1.807) is 0 Å². The Kier molecular flexibility index (Phi) is 3.09. The molecule has 0 spiro atoms. The van der Waals surface area contributed by atoms with E-state index in [0.29, 0.717) is 6.54 Å². The van der Waals surface area contributed by atoms with Gasteiger partial charge < -0.3 is 15.4 Å². The second kappa shape index (κ2) is 3.73. The van der Waals surface area contributed by atoms with E-state index in [1.165, 1.54) is 0 Å². The van der Waals surface area contributed by atoms with Crippen molar-refractivity contribution in [3.63, 3.8) is 0 Å². The molecule has 1 saturated heterocycles. The highest BCUT2D eigenvalue weighted by Crippen LogP contribution is 2.24. The first-order valence-corrected chi connectivity index (χ1v) is 4.64. The van der Waals surface area contributed by atoms with E-state index in [9.17, 15) is 0 Å². The summed E-state index contributed by atoms with van der Waals surface area (Å²) >= 11 is 0. The van der Waals surface area contributed by atoms with Gasteiger partial charge in [0.2, 0.25) is 0 Å². The van der Waals surface area contributed by atoms with Gasteiger partial charge in [-0.25, -0.2) is 0 Å². The van der Waals surface area contributed by atoms with Crippen molar-refractivity contribution in [1.82, 2.24) is 4.90 Å². The van der Waals surface area contributed by atoms with Gasteiger partial charge in [-0.15, -0.1) is 0 Å². The summed E-state index contributed by atoms with van der Waals surface area (Å²) in [4.78, 5) is 2.27. The molecular weight excluding hydrogens is 152 g/mol. The average Bonchev–Trinajstić information content (AvgIpc) is 2.32. The third-order valence-electron chi connectivity index (χ3n) is 2.36. The molecule has 1 unspecified atom stereocenters. The molecule has 3 nitrogen and oxygen atoms in total. The van der Waals surface area contributed by atoms with Gasteiger partial charge in [0.15, 0.2) is 0 Å². The quantitative estimate of drug-likeness (QED) is 0.671. The molecule has 0 aromatic carbocycles. The number of likely N-dealkylation sites (tertiary alicyclic amines) is 1. The summed E-state index contributed by atoms with van der Waals surface area (Å²) < 4.78 is 5.85. The molecule has 0 amide bonds. The molecule has 0 radical (unpaired) electrons. The van der Waals surface area contributed by atoms with Gasteiger partial charge in [0.05, 0.1) is 11.7 Å². The molecule has 2 N–H and O–H groups in total. The number of nitrogens with two attached hydrogens (primary N) is 1. The van der Waals surface area contributed by atoms with E-state index in [1.807, 2.05) is 0 Å². The fraction of sp³-hybridized carbons (Fsp3) is 1.00. The first-order valence-electron chi connectivity index (χ1n) is 4.64. The van der Waals surface area contributed by atoms with E-state index >= 15 is 0 Å². The molecule has 12 heavy (non-hydrogen) atoms. The van der Waals surface area contributed by atoms with Crippen LogP contribution in [0.4, 0.5) is 0 Å². The van der Waals surface area contributed by atoms with Crippen molar-refractivity contribution in [2.75, 3.05) is 26.7 Å². The maximum Gasteiger partial charge on any atom is 0.0945 e. The first kappa shape index (κ1) is 9.96. The Bertz CT molecular complexity index is 149. The van der Waals surface area contributed by atoms with E-state index in [0.717, 1.165) is 19.5 Å². The topological polar surface area (TPSA) is 38.5 Å². The van der Waals surface area contributed by atoms with Crippen LogP contribution in [0.5, 0.6) is 0 Å². The van der Waals surface area contributed by atoms with Crippen LogP contribution in [0.15, 0.2) is 0 Å². The third-order valence-corrected chi connectivity index (χ3v) is 2.36. The minimum atomic E-state index is -0.0666. The molecule has 1 atom stereocenters. The maximum atomic E-state index is 5.85. The van der Waals surface area contributed by atoms with Gasteiger partial charge in [-0.2, -0.15) is 0 Å². The van der Waals surface area contributed by atoms with Gasteiger partial charge in [0.1, 0.15) is 0 Å². The predicted molar refractivity (Wildman–Crippen MR) is 50.1 cm³/mol. The number of hydrogen-bond acceptors (Lipinski definition) is 3. The lowest BCUT2D eigenvalue weighted by atomic mass is 10.0. The highest BCUT2D eigenvalue weighted by molar-refractivity contribution is 4.92. The summed E-state index contributed by atoms with van der Waals surface area (Å²) in [7, 11) is 2.11. The first-order chi connectivity index (χ1) is 5.58. The summed E-state index contributed by atoms with van der Waals surface area (Å²) in [6, 6.07) is 0. The van der Waals surface area contributed by atoms with E-state index < -0.39 is 0 Å². The fourth-order valence-corrected chi connectivity index (χ4v) is 1.86. The number of hydrogen-bond donors (Lipinski definition) is 1. The molecule has 1 rings (SSSR count). The van der Waals surface area contributed by atoms with E-state index in [-0.39, 0.29) is 11.7 Å². The summed E-state index contributed by atoms with van der Waals surface area (Å²) in [5, 5.41) is 0. The van der Waals surface area contributed by atoms with Crippen molar-refractivity contribution in [1.29, 1.82) is 0 Å². The van der Waals surface area contributed by atoms with Crippen LogP contribution in [0.1, 0.15) is 20.3 Å². The molecule has 0 bridgehead atoms. The molecule has 1 aliphatic rings. The lowest BCUT2D eigenvalue weighted by Crippen LogP contribution is -2.44. The summed E-state index contributed by atoms with van der Waals surface area (Å²) in [5.74, 6) is 0. The van der Waals surface area contributed by atoms with Crippen molar-refractivity contribution >= 4 is 0 Å². The number of nitrogens with zero attached hydrogens (tertiary/aromatic N) is 1. The van der Waals surface area contributed by atoms with Gasteiger partial charge >= 0.3 is 0 Å². The fourth-order valence-electron chi connectivity index (χ4n) is 1.86. The second-order valence-electron chi connectivity index (χ2n) is 4.04. The molecule has 1 aliphatic heterocycles. The second-order valence-corrected chi connectivity index (χ2v) is 4.04. The van der Waals surface area contributed by atoms with Crippen LogP contribution in [-0.4, -0.2) is 43.3 Å². The monoisotopic (exact) mass is 172 g/mol. The van der Waals surface area contributed by atoms with Gasteiger partial charge in [0.25, 0.3) is 0 Å². The Morgan fingerprint density at radius 2 is 2.25 bits per heavy atom. The van der Waals surface area contributed by atoms with Crippen LogP contribution < -0.4 is 5.73 Å². The largest absolute Gasteiger partial charge is 0.370 e. The van der Waals surface area contributed by atoms with Crippen LogP contribution in [0.3, 0.4) is 0 Å². The molecule has 72 valence electrons. The van der Waals surface area contributed by atoms with Crippen molar-refractivity contribution in [3.8, 4) is 0 Å². The molecule has 0 saturated carbocycles. The Labute approximate surface area is 74.9 Å². The van der Waals surface area contributed by atoms with Gasteiger partial charge in [-0.1, -0.05) is 0 Å². The minimum Gasteiger partial charge on any atom is -0.370 e. The molecule has 0 aromatic heterocycles. The smallest absolute Gasteiger partial charge is 0.0945 e. The molecule has 1 heterocycles. The molecule has 0 aliphatic carbocycles. The SMILES string of the molecule is CC(C)OC1(CN)CCN(C)C1. The van der Waals surface area contributed by atoms with Crippen molar-refractivity contribution in [2.45, 2.75) is 32.0 Å². The normalized spacial score (nSPS) is 31.8. The summed E-state index contributed by atoms with van der Waals surface area (Å²) in [6.45, 7) is 6.84. The van der Waals surface area contributed by atoms with Crippen molar-refractivity contribution in [2.24, 2.45) is 5.73 Å². The number of rotatable bonds is 3. The lowest BCUT2D eigenvalue weighted by Gasteiger charge is -2.30. The standard InChI is InChI=1S/C9H20N2O/c1-8(2)12-9(6-10)4-5-11(3)7-9/h8H,4-7,10H2,1-3H3. The Morgan fingerprint density at radius 3 is 2.58 bits per heavy atom. The summed E-state index contributed by atoms with van der Waals surface area (Å²) in [5.41, 5.74) is 5.66. The van der Waals surface area contributed by atoms with E-state index in [4.69, 9.17) is 10.5 Å². The number of likely N-dealkylation sites (N-methyl/N-ethyl adjacent to an activating group) is 1. The van der Waals surface area contributed by atoms with Crippen molar-refractivity contribution in [3.05, 3.63) is 0 Å². The summed E-state index contributed by atoms with van der Waals surface area (Å²) in [6.07, 6.45) is 1.35.